The standard InChI is InChI=1S/C17H16N2O2/c1-11(2)12-3-5-13(6-4-12)16-10-18-17-8-7-14(19(20)21)9-15(16)17/h3-11,18H,1-2H3. The zero-order valence-electron chi connectivity index (χ0n) is 12.0. The molecule has 3 aromatic rings. The zero-order chi connectivity index (χ0) is 15.0. The van der Waals surface area contributed by atoms with Crippen molar-refractivity contribution in [2.75, 3.05) is 0 Å². The van der Waals surface area contributed by atoms with E-state index in [9.17, 15) is 10.1 Å². The summed E-state index contributed by atoms with van der Waals surface area (Å²) in [5.74, 6) is 0.489. The highest BCUT2D eigenvalue weighted by molar-refractivity contribution is 5.96. The molecule has 0 atom stereocenters. The molecule has 0 saturated heterocycles. The van der Waals surface area contributed by atoms with Crippen molar-refractivity contribution in [1.29, 1.82) is 0 Å². The third-order valence-electron chi connectivity index (χ3n) is 3.76. The predicted molar refractivity (Wildman–Crippen MR) is 84.5 cm³/mol. The first kappa shape index (κ1) is 13.4. The first-order valence-corrected chi connectivity index (χ1v) is 6.92. The molecule has 0 saturated carbocycles. The minimum absolute atomic E-state index is 0.113. The van der Waals surface area contributed by atoms with Gasteiger partial charge in [0.05, 0.1) is 4.92 Å². The molecule has 1 N–H and O–H groups in total. The van der Waals surface area contributed by atoms with Crippen molar-refractivity contribution < 1.29 is 4.92 Å². The Morgan fingerprint density at radius 3 is 2.43 bits per heavy atom. The Balaban J connectivity index is 2.11. The molecule has 21 heavy (non-hydrogen) atoms. The summed E-state index contributed by atoms with van der Waals surface area (Å²) in [6.07, 6.45) is 1.90. The molecule has 0 radical (unpaired) electrons. The maximum atomic E-state index is 10.9. The van der Waals surface area contributed by atoms with Crippen LogP contribution in [0.5, 0.6) is 0 Å². The van der Waals surface area contributed by atoms with E-state index < -0.39 is 0 Å². The molecule has 0 aliphatic rings. The Morgan fingerprint density at radius 1 is 1.10 bits per heavy atom. The molecule has 0 fully saturated rings. The van der Waals surface area contributed by atoms with Crippen LogP contribution in [-0.2, 0) is 0 Å². The predicted octanol–water partition coefficient (Wildman–Crippen LogP) is 4.87. The van der Waals surface area contributed by atoms with Gasteiger partial charge in [0, 0.05) is 34.8 Å². The molecule has 4 heteroatoms. The van der Waals surface area contributed by atoms with E-state index in [2.05, 4.69) is 43.1 Å². The van der Waals surface area contributed by atoms with Gasteiger partial charge in [0.1, 0.15) is 0 Å². The molecule has 1 aromatic heterocycles. The second kappa shape index (κ2) is 5.05. The number of rotatable bonds is 3. The van der Waals surface area contributed by atoms with Crippen LogP contribution >= 0.6 is 0 Å². The fourth-order valence-corrected chi connectivity index (χ4v) is 2.51. The lowest BCUT2D eigenvalue weighted by Gasteiger charge is -2.06. The lowest BCUT2D eigenvalue weighted by atomic mass is 9.98. The Hall–Kier alpha value is -2.62. The summed E-state index contributed by atoms with van der Waals surface area (Å²) in [6.45, 7) is 4.31. The highest BCUT2D eigenvalue weighted by Gasteiger charge is 2.11. The maximum Gasteiger partial charge on any atom is 0.270 e. The summed E-state index contributed by atoms with van der Waals surface area (Å²) < 4.78 is 0. The van der Waals surface area contributed by atoms with Crippen LogP contribution in [0.25, 0.3) is 22.0 Å². The van der Waals surface area contributed by atoms with Crippen molar-refractivity contribution in [2.24, 2.45) is 0 Å². The van der Waals surface area contributed by atoms with Crippen molar-refractivity contribution in [2.45, 2.75) is 19.8 Å². The largest absolute Gasteiger partial charge is 0.361 e. The number of hydrogen-bond donors (Lipinski definition) is 1. The molecular formula is C17H16N2O2. The first-order chi connectivity index (χ1) is 10.1. The quantitative estimate of drug-likeness (QED) is 0.549. The summed E-state index contributed by atoms with van der Waals surface area (Å²) in [5, 5.41) is 11.8. The van der Waals surface area contributed by atoms with Crippen LogP contribution in [0.1, 0.15) is 25.3 Å². The number of hydrogen-bond acceptors (Lipinski definition) is 2. The van der Waals surface area contributed by atoms with E-state index in [-0.39, 0.29) is 10.6 Å². The average Bonchev–Trinajstić information content (AvgIpc) is 2.90. The van der Waals surface area contributed by atoms with Crippen LogP contribution in [0.3, 0.4) is 0 Å². The SMILES string of the molecule is CC(C)c1ccc(-c2c[nH]c3ccc([N+](=O)[O-])cc23)cc1. The van der Waals surface area contributed by atoms with E-state index in [0.29, 0.717) is 5.92 Å². The fourth-order valence-electron chi connectivity index (χ4n) is 2.51. The number of benzene rings is 2. The van der Waals surface area contributed by atoms with Gasteiger partial charge in [-0.05, 0) is 23.1 Å². The third kappa shape index (κ3) is 2.40. The number of nitro benzene ring substituents is 1. The maximum absolute atomic E-state index is 10.9. The van der Waals surface area contributed by atoms with Crippen molar-refractivity contribution >= 4 is 16.6 Å². The van der Waals surface area contributed by atoms with Crippen LogP contribution in [0.2, 0.25) is 0 Å². The first-order valence-electron chi connectivity index (χ1n) is 6.92. The van der Waals surface area contributed by atoms with Gasteiger partial charge in [0.25, 0.3) is 5.69 Å². The number of nitro groups is 1. The van der Waals surface area contributed by atoms with Crippen molar-refractivity contribution in [3.63, 3.8) is 0 Å². The van der Waals surface area contributed by atoms with Gasteiger partial charge in [-0.25, -0.2) is 0 Å². The van der Waals surface area contributed by atoms with Crippen LogP contribution in [-0.4, -0.2) is 9.91 Å². The number of aromatic amines is 1. The number of non-ortho nitro benzene ring substituents is 1. The third-order valence-corrected chi connectivity index (χ3v) is 3.76. The monoisotopic (exact) mass is 280 g/mol. The van der Waals surface area contributed by atoms with Crippen molar-refractivity contribution in [3.8, 4) is 11.1 Å². The van der Waals surface area contributed by atoms with E-state index in [0.717, 1.165) is 22.0 Å². The minimum Gasteiger partial charge on any atom is -0.361 e. The molecule has 0 amide bonds. The summed E-state index contributed by atoms with van der Waals surface area (Å²) in [5.41, 5.74) is 4.35. The lowest BCUT2D eigenvalue weighted by Crippen LogP contribution is -1.88. The highest BCUT2D eigenvalue weighted by atomic mass is 16.6. The summed E-state index contributed by atoms with van der Waals surface area (Å²) in [7, 11) is 0. The van der Waals surface area contributed by atoms with E-state index >= 15 is 0 Å². The Labute approximate surface area is 122 Å². The smallest absolute Gasteiger partial charge is 0.270 e. The molecule has 0 bridgehead atoms. The molecule has 0 spiro atoms. The minimum atomic E-state index is -0.363. The van der Waals surface area contributed by atoms with Crippen molar-refractivity contribution in [3.05, 3.63) is 64.3 Å². The molecular weight excluding hydrogens is 264 g/mol. The van der Waals surface area contributed by atoms with Gasteiger partial charge in [0.15, 0.2) is 0 Å². The van der Waals surface area contributed by atoms with Crippen LogP contribution in [0.4, 0.5) is 5.69 Å². The number of H-pyrrole nitrogens is 1. The number of nitrogens with one attached hydrogen (secondary N) is 1. The molecule has 1 heterocycles. The molecule has 3 rings (SSSR count). The van der Waals surface area contributed by atoms with E-state index in [1.54, 1.807) is 12.1 Å². The van der Waals surface area contributed by atoms with Crippen LogP contribution < -0.4 is 0 Å². The van der Waals surface area contributed by atoms with E-state index in [4.69, 9.17) is 0 Å². The van der Waals surface area contributed by atoms with Gasteiger partial charge in [0.2, 0.25) is 0 Å². The Bertz CT molecular complexity index is 801. The van der Waals surface area contributed by atoms with Gasteiger partial charge in [-0.1, -0.05) is 38.1 Å². The topological polar surface area (TPSA) is 58.9 Å². The summed E-state index contributed by atoms with van der Waals surface area (Å²) in [4.78, 5) is 13.7. The van der Waals surface area contributed by atoms with Crippen LogP contribution in [0, 0.1) is 10.1 Å². The Kier molecular flexibility index (Phi) is 3.22. The normalized spacial score (nSPS) is 11.2. The molecule has 0 aliphatic heterocycles. The molecule has 4 nitrogen and oxygen atoms in total. The van der Waals surface area contributed by atoms with E-state index in [1.807, 2.05) is 6.20 Å². The van der Waals surface area contributed by atoms with Crippen LogP contribution in [0.15, 0.2) is 48.7 Å². The van der Waals surface area contributed by atoms with Gasteiger partial charge in [-0.2, -0.15) is 0 Å². The van der Waals surface area contributed by atoms with Gasteiger partial charge >= 0.3 is 0 Å². The fraction of sp³-hybridized carbons (Fsp3) is 0.176. The molecule has 2 aromatic carbocycles. The second-order valence-electron chi connectivity index (χ2n) is 5.47. The molecule has 0 unspecified atom stereocenters. The summed E-state index contributed by atoms with van der Waals surface area (Å²) in [6, 6.07) is 13.2. The van der Waals surface area contributed by atoms with Gasteiger partial charge < -0.3 is 4.98 Å². The van der Waals surface area contributed by atoms with Gasteiger partial charge in [-0.3, -0.25) is 10.1 Å². The van der Waals surface area contributed by atoms with Crippen molar-refractivity contribution in [1.82, 2.24) is 4.98 Å². The van der Waals surface area contributed by atoms with Gasteiger partial charge in [-0.15, -0.1) is 0 Å². The number of fused-ring (bicyclic) bond motifs is 1. The molecule has 106 valence electrons. The molecule has 0 aliphatic carbocycles. The second-order valence-corrected chi connectivity index (χ2v) is 5.47. The summed E-state index contributed by atoms with van der Waals surface area (Å²) >= 11 is 0. The average molecular weight is 280 g/mol. The number of nitrogens with zero attached hydrogens (tertiary/aromatic N) is 1. The highest BCUT2D eigenvalue weighted by Crippen LogP contribution is 2.31. The Morgan fingerprint density at radius 2 is 1.81 bits per heavy atom. The number of aromatic nitrogens is 1. The lowest BCUT2D eigenvalue weighted by molar-refractivity contribution is -0.384. The zero-order valence-corrected chi connectivity index (χ0v) is 12.0. The van der Waals surface area contributed by atoms with E-state index in [1.165, 1.54) is 11.6 Å².